The average molecular weight is 258 g/mol. The summed E-state index contributed by atoms with van der Waals surface area (Å²) in [6.45, 7) is 4.42. The van der Waals surface area contributed by atoms with Gasteiger partial charge in [0.05, 0.1) is 6.61 Å². The van der Waals surface area contributed by atoms with E-state index in [4.69, 9.17) is 15.2 Å². The molecule has 0 unspecified atom stereocenters. The summed E-state index contributed by atoms with van der Waals surface area (Å²) in [6.07, 6.45) is 1.69. The zero-order valence-corrected chi connectivity index (χ0v) is 11.2. The molecule has 0 bridgehead atoms. The molecule has 1 heterocycles. The molecule has 0 amide bonds. The predicted octanol–water partition coefficient (Wildman–Crippen LogP) is 3.29. The first-order valence-corrected chi connectivity index (χ1v) is 6.32. The Morgan fingerprint density at radius 1 is 1.16 bits per heavy atom. The van der Waals surface area contributed by atoms with E-state index >= 15 is 0 Å². The standard InChI is InChI=1S/C15H18N2O2/c1-3-18-13-8-4-5-9-14(13)19-15-12(11(2)16)7-6-10-17-15/h4-11H,3,16H2,1-2H3/t11-/m1/s1. The Bertz CT molecular complexity index is 541. The zero-order chi connectivity index (χ0) is 13.7. The molecule has 0 aliphatic rings. The average Bonchev–Trinajstić information content (AvgIpc) is 2.42. The lowest BCUT2D eigenvalue weighted by atomic mass is 10.1. The van der Waals surface area contributed by atoms with E-state index in [2.05, 4.69) is 4.98 Å². The lowest BCUT2D eigenvalue weighted by Gasteiger charge is -2.14. The summed E-state index contributed by atoms with van der Waals surface area (Å²) in [7, 11) is 0. The minimum Gasteiger partial charge on any atom is -0.490 e. The molecule has 19 heavy (non-hydrogen) atoms. The number of nitrogens with two attached hydrogens (primary N) is 1. The molecule has 1 atom stereocenters. The van der Waals surface area contributed by atoms with E-state index in [1.54, 1.807) is 6.20 Å². The van der Waals surface area contributed by atoms with Crippen LogP contribution in [0.3, 0.4) is 0 Å². The van der Waals surface area contributed by atoms with E-state index in [0.717, 1.165) is 5.56 Å². The second-order valence-corrected chi connectivity index (χ2v) is 4.17. The Labute approximate surface area is 113 Å². The molecular weight excluding hydrogens is 240 g/mol. The van der Waals surface area contributed by atoms with Crippen molar-refractivity contribution in [2.24, 2.45) is 5.73 Å². The van der Waals surface area contributed by atoms with Crippen molar-refractivity contribution in [3.63, 3.8) is 0 Å². The molecule has 0 radical (unpaired) electrons. The summed E-state index contributed by atoms with van der Waals surface area (Å²) in [5.41, 5.74) is 6.78. The third kappa shape index (κ3) is 3.23. The number of benzene rings is 1. The second kappa shape index (κ2) is 6.20. The van der Waals surface area contributed by atoms with E-state index in [1.807, 2.05) is 50.2 Å². The number of pyridine rings is 1. The number of hydrogen-bond acceptors (Lipinski definition) is 4. The highest BCUT2D eigenvalue weighted by molar-refractivity contribution is 5.43. The van der Waals surface area contributed by atoms with E-state index < -0.39 is 0 Å². The molecular formula is C15H18N2O2. The molecule has 4 nitrogen and oxygen atoms in total. The largest absolute Gasteiger partial charge is 0.490 e. The number of rotatable bonds is 5. The highest BCUT2D eigenvalue weighted by atomic mass is 16.5. The maximum absolute atomic E-state index is 5.91. The van der Waals surface area contributed by atoms with Gasteiger partial charge in [0.25, 0.3) is 0 Å². The van der Waals surface area contributed by atoms with Gasteiger partial charge >= 0.3 is 0 Å². The summed E-state index contributed by atoms with van der Waals surface area (Å²) >= 11 is 0. The summed E-state index contributed by atoms with van der Waals surface area (Å²) in [6, 6.07) is 11.1. The first kappa shape index (κ1) is 13.4. The van der Waals surface area contributed by atoms with E-state index in [-0.39, 0.29) is 6.04 Å². The summed E-state index contributed by atoms with van der Waals surface area (Å²) in [4.78, 5) is 4.24. The highest BCUT2D eigenvalue weighted by Gasteiger charge is 2.12. The molecule has 2 aromatic rings. The van der Waals surface area contributed by atoms with Crippen LogP contribution >= 0.6 is 0 Å². The van der Waals surface area contributed by atoms with Crippen molar-refractivity contribution in [3.05, 3.63) is 48.2 Å². The van der Waals surface area contributed by atoms with Gasteiger partial charge in [0, 0.05) is 17.8 Å². The van der Waals surface area contributed by atoms with Crippen LogP contribution in [0.5, 0.6) is 17.4 Å². The fraction of sp³-hybridized carbons (Fsp3) is 0.267. The predicted molar refractivity (Wildman–Crippen MR) is 74.5 cm³/mol. The van der Waals surface area contributed by atoms with Crippen LogP contribution in [-0.2, 0) is 0 Å². The van der Waals surface area contributed by atoms with Gasteiger partial charge in [-0.2, -0.15) is 0 Å². The van der Waals surface area contributed by atoms with E-state index in [1.165, 1.54) is 0 Å². The molecule has 0 spiro atoms. The van der Waals surface area contributed by atoms with Crippen molar-refractivity contribution in [1.82, 2.24) is 4.98 Å². The molecule has 0 saturated heterocycles. The molecule has 100 valence electrons. The lowest BCUT2D eigenvalue weighted by molar-refractivity contribution is 0.318. The zero-order valence-electron chi connectivity index (χ0n) is 11.2. The van der Waals surface area contributed by atoms with Gasteiger partial charge in [-0.25, -0.2) is 4.98 Å². The van der Waals surface area contributed by atoms with Crippen LogP contribution in [0.2, 0.25) is 0 Å². The monoisotopic (exact) mass is 258 g/mol. The molecule has 1 aromatic heterocycles. The van der Waals surface area contributed by atoms with Gasteiger partial charge in [0.15, 0.2) is 11.5 Å². The third-order valence-electron chi connectivity index (χ3n) is 2.65. The van der Waals surface area contributed by atoms with Crippen LogP contribution in [0.15, 0.2) is 42.6 Å². The van der Waals surface area contributed by atoms with Crippen molar-refractivity contribution in [2.75, 3.05) is 6.61 Å². The fourth-order valence-electron chi connectivity index (χ4n) is 1.75. The van der Waals surface area contributed by atoms with Gasteiger partial charge in [-0.15, -0.1) is 0 Å². The van der Waals surface area contributed by atoms with Crippen molar-refractivity contribution in [2.45, 2.75) is 19.9 Å². The van der Waals surface area contributed by atoms with Crippen molar-refractivity contribution in [3.8, 4) is 17.4 Å². The minimum absolute atomic E-state index is 0.136. The van der Waals surface area contributed by atoms with Gasteiger partial charge in [-0.1, -0.05) is 18.2 Å². The summed E-state index contributed by atoms with van der Waals surface area (Å²) in [5.74, 6) is 1.86. The third-order valence-corrected chi connectivity index (χ3v) is 2.65. The minimum atomic E-state index is -0.136. The Morgan fingerprint density at radius 2 is 1.89 bits per heavy atom. The Morgan fingerprint density at radius 3 is 2.58 bits per heavy atom. The molecule has 0 fully saturated rings. The van der Waals surface area contributed by atoms with Crippen LogP contribution < -0.4 is 15.2 Å². The number of aromatic nitrogens is 1. The maximum Gasteiger partial charge on any atom is 0.224 e. The van der Waals surface area contributed by atoms with E-state index in [0.29, 0.717) is 24.0 Å². The summed E-state index contributed by atoms with van der Waals surface area (Å²) in [5, 5.41) is 0. The number of hydrogen-bond donors (Lipinski definition) is 1. The molecule has 4 heteroatoms. The molecule has 1 aromatic carbocycles. The van der Waals surface area contributed by atoms with Crippen LogP contribution in [-0.4, -0.2) is 11.6 Å². The van der Waals surface area contributed by atoms with Crippen LogP contribution in [0.1, 0.15) is 25.5 Å². The smallest absolute Gasteiger partial charge is 0.224 e. The Balaban J connectivity index is 2.31. The molecule has 0 aliphatic carbocycles. The second-order valence-electron chi connectivity index (χ2n) is 4.17. The van der Waals surface area contributed by atoms with Gasteiger partial charge < -0.3 is 15.2 Å². The fourth-order valence-corrected chi connectivity index (χ4v) is 1.75. The van der Waals surface area contributed by atoms with Gasteiger partial charge in [-0.05, 0) is 32.0 Å². The topological polar surface area (TPSA) is 57.4 Å². The Hall–Kier alpha value is -2.07. The molecule has 0 aliphatic heterocycles. The maximum atomic E-state index is 5.91. The van der Waals surface area contributed by atoms with Gasteiger partial charge in [-0.3, -0.25) is 0 Å². The number of ether oxygens (including phenoxy) is 2. The number of nitrogens with zero attached hydrogens (tertiary/aromatic N) is 1. The van der Waals surface area contributed by atoms with Crippen molar-refractivity contribution < 1.29 is 9.47 Å². The molecule has 0 saturated carbocycles. The van der Waals surface area contributed by atoms with Crippen LogP contribution in [0.25, 0.3) is 0 Å². The quantitative estimate of drug-likeness (QED) is 0.894. The highest BCUT2D eigenvalue weighted by Crippen LogP contribution is 2.32. The van der Waals surface area contributed by atoms with Gasteiger partial charge in [0.1, 0.15) is 0 Å². The Kier molecular flexibility index (Phi) is 4.36. The normalized spacial score (nSPS) is 11.9. The summed E-state index contributed by atoms with van der Waals surface area (Å²) < 4.78 is 11.4. The molecule has 2 rings (SSSR count). The van der Waals surface area contributed by atoms with Crippen molar-refractivity contribution in [1.29, 1.82) is 0 Å². The van der Waals surface area contributed by atoms with Gasteiger partial charge in [0.2, 0.25) is 5.88 Å². The number of para-hydroxylation sites is 2. The van der Waals surface area contributed by atoms with E-state index in [9.17, 15) is 0 Å². The molecule has 2 N–H and O–H groups in total. The SMILES string of the molecule is CCOc1ccccc1Oc1ncccc1[C@@H](C)N. The first-order valence-electron chi connectivity index (χ1n) is 6.32. The van der Waals surface area contributed by atoms with Crippen LogP contribution in [0, 0.1) is 0 Å². The first-order chi connectivity index (χ1) is 9.22. The van der Waals surface area contributed by atoms with Crippen molar-refractivity contribution >= 4 is 0 Å². The van der Waals surface area contributed by atoms with Crippen LogP contribution in [0.4, 0.5) is 0 Å². The lowest BCUT2D eigenvalue weighted by Crippen LogP contribution is -2.07.